The fourth-order valence-corrected chi connectivity index (χ4v) is 1.51. The minimum Gasteiger partial charge on any atom is -0.263 e. The lowest BCUT2D eigenvalue weighted by Gasteiger charge is -2.30. The normalized spacial score (nSPS) is 20.1. The van der Waals surface area contributed by atoms with Crippen molar-refractivity contribution in [3.8, 4) is 0 Å². The van der Waals surface area contributed by atoms with Gasteiger partial charge in [0.2, 0.25) is 0 Å². The van der Waals surface area contributed by atoms with E-state index in [0.29, 0.717) is 10.1 Å². The largest absolute Gasteiger partial charge is 0.309 e. The van der Waals surface area contributed by atoms with Crippen LogP contribution in [0.4, 0.5) is 0 Å². The summed E-state index contributed by atoms with van der Waals surface area (Å²) >= 11 is 0. The predicted octanol–water partition coefficient (Wildman–Crippen LogP) is -1.42. The first-order valence-electron chi connectivity index (χ1n) is 5.29. The molecule has 1 heterocycles. The highest BCUT2D eigenvalue weighted by molar-refractivity contribution is 4.62. The molecule has 1 N–H and O–H groups in total. The molecule has 0 aliphatic carbocycles. The average Bonchev–Trinajstić information content (AvgIpc) is 2.36. The van der Waals surface area contributed by atoms with Crippen LogP contribution in [0.1, 0.15) is 0 Å². The van der Waals surface area contributed by atoms with E-state index in [2.05, 4.69) is 10.0 Å². The van der Waals surface area contributed by atoms with Gasteiger partial charge in [-0.15, -0.1) is 10.4 Å². The molecule has 16 nitrogen and oxygen atoms in total. The Bertz CT molecular complexity index is 451. The van der Waals surface area contributed by atoms with Crippen molar-refractivity contribution in [1.82, 2.24) is 20.5 Å². The van der Waals surface area contributed by atoms with Gasteiger partial charge in [-0.1, -0.05) is 5.11 Å². The molecule has 0 aromatic carbocycles. The van der Waals surface area contributed by atoms with Crippen molar-refractivity contribution >= 4 is 0 Å². The Hall–Kier alpha value is -2.97. The molecule has 116 valence electrons. The smallest absolute Gasteiger partial charge is 0.263 e. The van der Waals surface area contributed by atoms with E-state index in [-0.39, 0.29) is 6.67 Å². The molecule has 0 spiro atoms. The number of nitrogens with one attached hydrogen (secondary N) is 1. The molecule has 1 saturated heterocycles. The van der Waals surface area contributed by atoms with Gasteiger partial charge >= 0.3 is 6.17 Å². The summed E-state index contributed by atoms with van der Waals surface area (Å²) in [4.78, 5) is 35.0. The average molecular weight is 306 g/mol. The highest BCUT2D eigenvalue weighted by Gasteiger charge is 2.38. The second kappa shape index (κ2) is 6.98. The summed E-state index contributed by atoms with van der Waals surface area (Å²) < 4.78 is 0. The van der Waals surface area contributed by atoms with Gasteiger partial charge in [0, 0.05) is 9.84 Å². The second-order valence-corrected chi connectivity index (χ2v) is 3.82. The second-order valence-electron chi connectivity index (χ2n) is 3.82. The maximum absolute atomic E-state index is 10.8. The molecule has 1 aliphatic rings. The van der Waals surface area contributed by atoms with E-state index in [4.69, 9.17) is 5.53 Å². The first-order valence-corrected chi connectivity index (χ1v) is 5.29. The van der Waals surface area contributed by atoms with E-state index in [1.807, 2.05) is 5.43 Å². The van der Waals surface area contributed by atoms with Crippen LogP contribution in [0, 0.1) is 30.3 Å². The molecule has 1 fully saturated rings. The summed E-state index contributed by atoms with van der Waals surface area (Å²) in [5.41, 5.74) is 10.2. The molecule has 16 heteroatoms. The van der Waals surface area contributed by atoms with Gasteiger partial charge in [-0.25, -0.2) is 20.2 Å². The Labute approximate surface area is 115 Å². The van der Waals surface area contributed by atoms with Gasteiger partial charge in [-0.2, -0.15) is 0 Å². The summed E-state index contributed by atoms with van der Waals surface area (Å²) in [7, 11) is 0. The maximum atomic E-state index is 10.8. The lowest BCUT2D eigenvalue weighted by Crippen LogP contribution is -2.62. The molecule has 0 amide bonds. The third kappa shape index (κ3) is 4.56. The zero-order valence-electron chi connectivity index (χ0n) is 10.4. The third-order valence-electron chi connectivity index (χ3n) is 2.39. The van der Waals surface area contributed by atoms with E-state index in [1.54, 1.807) is 0 Å². The third-order valence-corrected chi connectivity index (χ3v) is 2.39. The number of hydrogen-bond donors (Lipinski definition) is 1. The molecule has 1 unspecified atom stereocenters. The Balaban J connectivity index is 2.98. The fraction of sp³-hybridized carbons (Fsp3) is 1.00. The Morgan fingerprint density at radius 2 is 1.90 bits per heavy atom. The number of hydrogen-bond acceptors (Lipinski definition) is 9. The van der Waals surface area contributed by atoms with Gasteiger partial charge in [-0.3, -0.25) is 15.0 Å². The molecule has 21 heavy (non-hydrogen) atoms. The van der Waals surface area contributed by atoms with Gasteiger partial charge in [-0.05, 0) is 10.6 Å². The highest BCUT2D eigenvalue weighted by Crippen LogP contribution is 2.05. The standard InChI is InChI=1S/C5H10N10O6/c6-9-7-2-10-3-11(14(18)19)1-5(13(16)17)8-12(4-10)15(20)21/h5,8H,1-4H2. The minimum atomic E-state index is -1.73. The number of nitrogens with zero attached hydrogens (tertiary/aromatic N) is 9. The number of rotatable bonds is 5. The zero-order chi connectivity index (χ0) is 16.0. The quantitative estimate of drug-likeness (QED) is 0.206. The molecule has 1 rings (SSSR count). The van der Waals surface area contributed by atoms with Crippen LogP contribution in [0.15, 0.2) is 5.11 Å². The highest BCUT2D eigenvalue weighted by atomic mass is 16.7. The van der Waals surface area contributed by atoms with Crippen LogP contribution in [-0.4, -0.2) is 62.7 Å². The molecule has 1 aliphatic heterocycles. The minimum absolute atomic E-state index is 0.303. The molecule has 0 aromatic heterocycles. The number of azide groups is 1. The van der Waals surface area contributed by atoms with E-state index in [1.165, 1.54) is 0 Å². The maximum Gasteiger partial charge on any atom is 0.309 e. The summed E-state index contributed by atoms with van der Waals surface area (Å²) in [6, 6.07) is 0. The van der Waals surface area contributed by atoms with Crippen LogP contribution in [0.3, 0.4) is 0 Å². The Morgan fingerprint density at radius 3 is 2.38 bits per heavy atom. The summed E-state index contributed by atoms with van der Waals surface area (Å²) in [6.45, 7) is -2.13. The predicted molar refractivity (Wildman–Crippen MR) is 62.0 cm³/mol. The van der Waals surface area contributed by atoms with Gasteiger partial charge in [0.1, 0.15) is 6.67 Å². The van der Waals surface area contributed by atoms with Crippen LogP contribution >= 0.6 is 0 Å². The molecular formula is C5H10N10O6. The van der Waals surface area contributed by atoms with Gasteiger partial charge in [0.25, 0.3) is 0 Å². The Morgan fingerprint density at radius 1 is 1.24 bits per heavy atom. The van der Waals surface area contributed by atoms with E-state index >= 15 is 0 Å². The van der Waals surface area contributed by atoms with Crippen molar-refractivity contribution in [2.24, 2.45) is 5.11 Å². The summed E-state index contributed by atoms with van der Waals surface area (Å²) in [5, 5.41) is 34.5. The number of nitro groups is 3. The first-order chi connectivity index (χ1) is 9.85. The summed E-state index contributed by atoms with van der Waals surface area (Å²) in [5.74, 6) is 0. The van der Waals surface area contributed by atoms with Crippen molar-refractivity contribution in [3.63, 3.8) is 0 Å². The zero-order valence-corrected chi connectivity index (χ0v) is 10.4. The lowest BCUT2D eigenvalue weighted by atomic mass is 10.5. The van der Waals surface area contributed by atoms with Crippen molar-refractivity contribution in [2.45, 2.75) is 6.17 Å². The van der Waals surface area contributed by atoms with Gasteiger partial charge < -0.3 is 0 Å². The fourth-order valence-electron chi connectivity index (χ4n) is 1.51. The lowest BCUT2D eigenvalue weighted by molar-refractivity contribution is -0.709. The molecule has 0 aromatic rings. The van der Waals surface area contributed by atoms with Crippen molar-refractivity contribution in [2.75, 3.05) is 26.6 Å². The molecule has 0 bridgehead atoms. The summed E-state index contributed by atoms with van der Waals surface area (Å²) in [6.07, 6.45) is -1.73. The molecule has 0 saturated carbocycles. The topological polar surface area (TPSA) is 200 Å². The first kappa shape index (κ1) is 16.1. The van der Waals surface area contributed by atoms with Crippen LogP contribution in [-0.2, 0) is 0 Å². The molecular weight excluding hydrogens is 296 g/mol. The van der Waals surface area contributed by atoms with Crippen LogP contribution in [0.25, 0.3) is 10.4 Å². The Kier molecular flexibility index (Phi) is 5.35. The van der Waals surface area contributed by atoms with E-state index < -0.39 is 41.0 Å². The molecule has 1 atom stereocenters. The molecule has 0 radical (unpaired) electrons. The van der Waals surface area contributed by atoms with Crippen LogP contribution in [0.5, 0.6) is 0 Å². The van der Waals surface area contributed by atoms with E-state index in [0.717, 1.165) is 4.90 Å². The van der Waals surface area contributed by atoms with Crippen molar-refractivity contribution in [3.05, 3.63) is 40.8 Å². The van der Waals surface area contributed by atoms with Crippen LogP contribution < -0.4 is 5.43 Å². The van der Waals surface area contributed by atoms with E-state index in [9.17, 15) is 30.3 Å². The van der Waals surface area contributed by atoms with Crippen molar-refractivity contribution in [1.29, 1.82) is 0 Å². The monoisotopic (exact) mass is 306 g/mol. The van der Waals surface area contributed by atoms with Crippen LogP contribution in [0.2, 0.25) is 0 Å². The SMILES string of the molecule is [N-]=[N+]=NCN1CN([N+](=O)[O-])CC([N+](=O)[O-])NN([N+](=O)[O-])C1. The van der Waals surface area contributed by atoms with Gasteiger partial charge in [0.15, 0.2) is 23.3 Å². The van der Waals surface area contributed by atoms with Crippen molar-refractivity contribution < 1.29 is 15.0 Å². The number of hydrazine groups is 3. The van der Waals surface area contributed by atoms with Gasteiger partial charge in [0.05, 0.1) is 6.67 Å².